The number of benzene rings is 1. The minimum absolute atomic E-state index is 0.0524. The van der Waals surface area contributed by atoms with Crippen LogP contribution in [0.1, 0.15) is 89.5 Å². The Kier molecular flexibility index (Phi) is 10.7. The Hall–Kier alpha value is -5.16. The second-order valence-electron chi connectivity index (χ2n) is 18.5. The highest BCUT2D eigenvalue weighted by Gasteiger charge is 2.75. The van der Waals surface area contributed by atoms with Crippen LogP contribution in [-0.4, -0.2) is 113 Å². The molecule has 1 aliphatic heterocycles. The molecule has 8 rings (SSSR count). The maximum Gasteiger partial charge on any atom is 0.413 e. The normalized spacial score (nSPS) is 33.9. The summed E-state index contributed by atoms with van der Waals surface area (Å²) < 4.78 is 56.7. The lowest BCUT2D eigenvalue weighted by Gasteiger charge is -2.62. The summed E-state index contributed by atoms with van der Waals surface area (Å²) in [7, 11) is 1.34. The van der Waals surface area contributed by atoms with E-state index in [9.17, 15) is 39.0 Å². The Bertz CT molecular complexity index is 2400. The van der Waals surface area contributed by atoms with Crippen LogP contribution in [0.2, 0.25) is 0 Å². The summed E-state index contributed by atoms with van der Waals surface area (Å²) in [5.74, 6) is -5.62. The first-order valence-electron chi connectivity index (χ1n) is 21.2. The number of rotatable bonds is 9. The molecule has 1 amide bonds. The molecule has 5 fully saturated rings. The molecule has 0 radical (unpaired) electrons. The van der Waals surface area contributed by atoms with Crippen LogP contribution < -0.4 is 15.1 Å². The third-order valence-corrected chi connectivity index (χ3v) is 15.2. The van der Waals surface area contributed by atoms with Crippen LogP contribution in [0, 0.1) is 34.4 Å². The van der Waals surface area contributed by atoms with Gasteiger partial charge in [-0.05, 0) is 82.4 Å². The number of carbonyl (C=O) groups is 5. The van der Waals surface area contributed by atoms with E-state index in [-0.39, 0.29) is 66.6 Å². The highest BCUT2D eigenvalue weighted by molar-refractivity contribution is 6.01. The van der Waals surface area contributed by atoms with Crippen molar-refractivity contribution in [2.24, 2.45) is 28.6 Å². The van der Waals surface area contributed by atoms with Gasteiger partial charge in [-0.25, -0.2) is 18.4 Å². The van der Waals surface area contributed by atoms with Crippen molar-refractivity contribution < 1.29 is 61.9 Å². The van der Waals surface area contributed by atoms with Gasteiger partial charge in [0.25, 0.3) is 0 Å². The maximum atomic E-state index is 17.6. The molecule has 0 bridgehead atoms. The van der Waals surface area contributed by atoms with Gasteiger partial charge in [-0.1, -0.05) is 25.5 Å². The van der Waals surface area contributed by atoms with E-state index in [0.717, 1.165) is 6.07 Å². The predicted octanol–water partition coefficient (Wildman–Crippen LogP) is 4.73. The molecule has 15 nitrogen and oxygen atoms in total. The molecule has 2 aromatic rings. The van der Waals surface area contributed by atoms with Crippen molar-refractivity contribution in [1.29, 1.82) is 0 Å². The molecule has 17 heteroatoms. The number of piperazine rings is 1. The van der Waals surface area contributed by atoms with Crippen LogP contribution in [0.5, 0.6) is 5.75 Å². The Morgan fingerprint density at radius 2 is 1.74 bits per heavy atom. The van der Waals surface area contributed by atoms with E-state index in [1.165, 1.54) is 43.4 Å². The SMILES string of the molecule is COc1c(N2CCN(C(=O)OCOC(C)=O)C(C)C2)c(F)cc2c(=O)c(C(=O)OCC(=O)[C@]3(O)[C@H](C)C[C@@H]4[C@H]5CCC6=CC(=O)C=C[C@@]6(C)[C@]5(F)[C@H](O)C[C@]43C)cn(C3CC3)c12. The third-order valence-electron chi connectivity index (χ3n) is 15.2. The number of hydrogen-bond donors (Lipinski definition) is 2. The number of aliphatic hydroxyl groups excluding tert-OH is 1. The summed E-state index contributed by atoms with van der Waals surface area (Å²) in [5.41, 5.74) is -7.26. The Labute approximate surface area is 356 Å². The monoisotopic (exact) mass is 865 g/mol. The number of aromatic nitrogens is 1. The fourth-order valence-electron chi connectivity index (χ4n) is 11.9. The van der Waals surface area contributed by atoms with E-state index in [2.05, 4.69) is 0 Å². The van der Waals surface area contributed by atoms with E-state index in [4.69, 9.17) is 18.9 Å². The lowest BCUT2D eigenvalue weighted by atomic mass is 9.44. The molecule has 0 spiro atoms. The van der Waals surface area contributed by atoms with Crippen LogP contribution in [-0.2, 0) is 28.6 Å². The van der Waals surface area contributed by atoms with Gasteiger partial charge in [0.1, 0.15) is 16.9 Å². The quantitative estimate of drug-likeness (QED) is 0.260. The van der Waals surface area contributed by atoms with Crippen molar-refractivity contribution in [1.82, 2.24) is 9.47 Å². The summed E-state index contributed by atoms with van der Waals surface area (Å²) in [5, 5.41) is 24.0. The average molecular weight is 866 g/mol. The van der Waals surface area contributed by atoms with E-state index in [0.29, 0.717) is 31.3 Å². The average Bonchev–Trinajstić information content (AvgIpc) is 4.04. The van der Waals surface area contributed by atoms with Crippen molar-refractivity contribution in [2.75, 3.05) is 45.0 Å². The number of fused-ring (bicyclic) bond motifs is 6. The van der Waals surface area contributed by atoms with Gasteiger partial charge in [-0.15, -0.1) is 0 Å². The summed E-state index contributed by atoms with van der Waals surface area (Å²) >= 11 is 0. The number of esters is 2. The number of anilines is 1. The smallest absolute Gasteiger partial charge is 0.413 e. The zero-order valence-corrected chi connectivity index (χ0v) is 35.7. The Balaban J connectivity index is 1.04. The van der Waals surface area contributed by atoms with Gasteiger partial charge in [0.05, 0.1) is 24.1 Å². The molecule has 1 unspecified atom stereocenters. The van der Waals surface area contributed by atoms with Crippen LogP contribution in [0.15, 0.2) is 40.9 Å². The topological polar surface area (TPSA) is 191 Å². The number of ketones is 2. The van der Waals surface area contributed by atoms with Gasteiger partial charge in [-0.2, -0.15) is 0 Å². The van der Waals surface area contributed by atoms with Crippen molar-refractivity contribution >= 4 is 46.2 Å². The molecular weight excluding hydrogens is 812 g/mol. The van der Waals surface area contributed by atoms with Gasteiger partial charge >= 0.3 is 18.0 Å². The van der Waals surface area contributed by atoms with Crippen molar-refractivity contribution in [2.45, 2.75) is 103 Å². The number of methoxy groups -OCH3 is 1. The van der Waals surface area contributed by atoms with E-state index in [1.54, 1.807) is 37.2 Å². The third kappa shape index (κ3) is 6.38. The number of halogens is 2. The first-order chi connectivity index (χ1) is 29.2. The number of amides is 1. The number of carbonyl (C=O) groups excluding carboxylic acids is 5. The highest BCUT2D eigenvalue weighted by Crippen LogP contribution is 2.70. The number of allylic oxidation sites excluding steroid dienone is 4. The predicted molar refractivity (Wildman–Crippen MR) is 218 cm³/mol. The number of hydrogen-bond acceptors (Lipinski definition) is 13. The molecule has 334 valence electrons. The fourth-order valence-corrected chi connectivity index (χ4v) is 11.9. The van der Waals surface area contributed by atoms with Crippen molar-refractivity contribution in [3.05, 3.63) is 57.7 Å². The summed E-state index contributed by atoms with van der Waals surface area (Å²) in [4.78, 5) is 81.3. The zero-order valence-electron chi connectivity index (χ0n) is 35.7. The minimum Gasteiger partial charge on any atom is -0.492 e. The van der Waals surface area contributed by atoms with Crippen molar-refractivity contribution in [3.63, 3.8) is 0 Å². The lowest BCUT2D eigenvalue weighted by Crippen LogP contribution is -2.69. The lowest BCUT2D eigenvalue weighted by molar-refractivity contribution is -0.219. The number of pyridine rings is 1. The molecule has 4 saturated carbocycles. The van der Waals surface area contributed by atoms with Crippen LogP contribution in [0.3, 0.4) is 0 Å². The van der Waals surface area contributed by atoms with Crippen LogP contribution in [0.25, 0.3) is 10.9 Å². The van der Waals surface area contributed by atoms with Gasteiger partial charge in [0.2, 0.25) is 18.0 Å². The molecule has 6 aliphatic rings. The second-order valence-corrected chi connectivity index (χ2v) is 18.5. The second kappa shape index (κ2) is 15.3. The first kappa shape index (κ1) is 43.5. The molecule has 2 N–H and O–H groups in total. The Morgan fingerprint density at radius 3 is 2.40 bits per heavy atom. The van der Waals surface area contributed by atoms with Crippen molar-refractivity contribution in [3.8, 4) is 5.75 Å². The van der Waals surface area contributed by atoms with E-state index >= 15 is 8.78 Å². The number of aliphatic hydroxyl groups is 2. The zero-order chi connectivity index (χ0) is 44.8. The molecule has 5 aliphatic carbocycles. The largest absolute Gasteiger partial charge is 0.492 e. The maximum absolute atomic E-state index is 17.6. The standard InChI is InChI=1S/C45H53F2N3O12/c1-23-15-32-31-10-7-26-16-28(52)11-12-42(26,4)44(31,47)34(53)18-43(32,5)45(23,58)35(54)21-60-40(56)30-20-50(27-8-9-27)36-29(38(30)55)17-33(46)37(39(36)59-6)48-13-14-49(24(2)19-48)41(57)62-22-61-25(3)51/h11-12,16-17,20,23-24,27,31-32,34,53,58H,7-10,13-15,18-19,21-22H2,1-6H3/t23-,24?,31-,32-,34-,42-,43-,44-,45-/m1/s1. The minimum atomic E-state index is -2.17. The first-order valence-corrected chi connectivity index (χ1v) is 21.2. The van der Waals surface area contributed by atoms with Gasteiger partial charge < -0.3 is 43.5 Å². The molecule has 1 aromatic carbocycles. The van der Waals surface area contributed by atoms with Crippen LogP contribution in [0.4, 0.5) is 19.3 Å². The number of nitrogens with zero attached hydrogens (tertiary/aromatic N) is 3. The number of ether oxygens (including phenoxy) is 4. The molecular formula is C45H53F2N3O12. The molecule has 62 heavy (non-hydrogen) atoms. The molecule has 2 heterocycles. The molecule has 9 atom stereocenters. The molecule has 1 saturated heterocycles. The van der Waals surface area contributed by atoms with Gasteiger partial charge in [-0.3, -0.25) is 19.2 Å². The van der Waals surface area contributed by atoms with E-state index < -0.39 is 106 Å². The number of Topliss-reactive ketones (excluding diaryl/α,β-unsaturated/α-hetero) is 1. The summed E-state index contributed by atoms with van der Waals surface area (Å²) in [6.45, 7) is 6.95. The Morgan fingerprint density at radius 1 is 1.02 bits per heavy atom. The summed E-state index contributed by atoms with van der Waals surface area (Å²) in [6.07, 6.45) is 5.41. The van der Waals surface area contributed by atoms with Gasteiger partial charge in [0, 0.05) is 61.6 Å². The number of alkyl halides is 1. The summed E-state index contributed by atoms with van der Waals surface area (Å²) in [6, 6.07) is 0.396. The molecule has 1 aromatic heterocycles. The highest BCUT2D eigenvalue weighted by atomic mass is 19.1. The van der Waals surface area contributed by atoms with E-state index in [1.807, 2.05) is 0 Å². The fraction of sp³-hybridized carbons (Fsp3) is 0.600. The van der Waals surface area contributed by atoms with Crippen LogP contribution >= 0.6 is 0 Å². The van der Waals surface area contributed by atoms with Gasteiger partial charge in [0.15, 0.2) is 29.6 Å².